The van der Waals surface area contributed by atoms with E-state index in [0.29, 0.717) is 0 Å². The molecule has 0 saturated heterocycles. The first kappa shape index (κ1) is 50.6. The summed E-state index contributed by atoms with van der Waals surface area (Å²) in [5.74, 6) is -1.20. The number of carbonyl (C=O) groups excluding carboxylic acids is 2. The molecule has 344 valence electrons. The van der Waals surface area contributed by atoms with Crippen molar-refractivity contribution in [1.82, 2.24) is 0 Å². The van der Waals surface area contributed by atoms with E-state index in [1.165, 1.54) is 214 Å². The van der Waals surface area contributed by atoms with Crippen LogP contribution in [-0.4, -0.2) is 24.7 Å². The highest BCUT2D eigenvalue weighted by Crippen LogP contribution is 2.49. The highest BCUT2D eigenvalue weighted by Gasteiger charge is 2.48. The van der Waals surface area contributed by atoms with Crippen LogP contribution < -0.4 is 9.80 Å². The lowest BCUT2D eigenvalue weighted by Gasteiger charge is -2.30. The standard InChI is InChI=1S/C56H86N2O2S2/c1-3-5-7-9-11-13-15-17-19-21-23-25-27-29-31-37-43-57-49-39-33-35-41-51(49)61-53(57)45-47-55(59)48(56(47)60)46-54-58(50-40-34-36-42-52(50)62-54)44-38-32-30-28-26-24-22-20-18-16-14-12-10-8-6-4-2/h33-36,39-42,45-48H,3-32,37-38,43-44H2,1-2H3/b53-45-,54-46-. The third-order valence-electron chi connectivity index (χ3n) is 13.6. The number of unbranched alkanes of at least 4 members (excludes halogenated alkanes) is 30. The van der Waals surface area contributed by atoms with Gasteiger partial charge in [-0.25, -0.2) is 0 Å². The predicted molar refractivity (Wildman–Crippen MR) is 272 cm³/mol. The number of allylic oxidation sites excluding steroid dienone is 2. The molecule has 1 saturated carbocycles. The van der Waals surface area contributed by atoms with Crippen molar-refractivity contribution in [3.05, 3.63) is 70.7 Å². The van der Waals surface area contributed by atoms with Crippen LogP contribution in [0.3, 0.4) is 0 Å². The van der Waals surface area contributed by atoms with E-state index in [2.05, 4.69) is 72.2 Å². The fraction of sp³-hybridized carbons (Fsp3) is 0.679. The summed E-state index contributed by atoms with van der Waals surface area (Å²) < 4.78 is 0. The zero-order valence-electron chi connectivity index (χ0n) is 39.5. The Morgan fingerprint density at radius 1 is 0.387 bits per heavy atom. The number of ketones is 2. The molecule has 0 bridgehead atoms. The third kappa shape index (κ3) is 17.2. The van der Waals surface area contributed by atoms with Gasteiger partial charge < -0.3 is 9.80 Å². The average molecular weight is 883 g/mol. The maximum atomic E-state index is 13.8. The van der Waals surface area contributed by atoms with Gasteiger partial charge in [-0.2, -0.15) is 0 Å². The number of thioether (sulfide) groups is 2. The molecule has 0 aromatic heterocycles. The van der Waals surface area contributed by atoms with Crippen molar-refractivity contribution >= 4 is 46.5 Å². The molecule has 4 nitrogen and oxygen atoms in total. The smallest absolute Gasteiger partial charge is 0.161 e. The van der Waals surface area contributed by atoms with Crippen LogP contribution in [0.1, 0.15) is 219 Å². The van der Waals surface area contributed by atoms with Crippen LogP contribution in [0, 0.1) is 11.8 Å². The molecule has 2 aliphatic heterocycles. The maximum Gasteiger partial charge on any atom is 0.161 e. The van der Waals surface area contributed by atoms with E-state index in [9.17, 15) is 9.59 Å². The zero-order valence-corrected chi connectivity index (χ0v) is 41.1. The minimum atomic E-state index is -0.649. The predicted octanol–water partition coefficient (Wildman–Crippen LogP) is 17.8. The lowest BCUT2D eigenvalue weighted by Crippen LogP contribution is -2.47. The van der Waals surface area contributed by atoms with Gasteiger partial charge in [-0.3, -0.25) is 9.59 Å². The van der Waals surface area contributed by atoms with E-state index < -0.39 is 11.8 Å². The molecule has 1 fully saturated rings. The number of anilines is 2. The van der Waals surface area contributed by atoms with Crippen LogP contribution in [0.5, 0.6) is 0 Å². The van der Waals surface area contributed by atoms with E-state index in [1.807, 2.05) is 12.2 Å². The van der Waals surface area contributed by atoms with E-state index in [1.54, 1.807) is 23.5 Å². The van der Waals surface area contributed by atoms with Crippen molar-refractivity contribution in [2.45, 2.75) is 229 Å². The maximum absolute atomic E-state index is 13.8. The first-order valence-electron chi connectivity index (χ1n) is 26.2. The highest BCUT2D eigenvalue weighted by atomic mass is 32.2. The first-order valence-corrected chi connectivity index (χ1v) is 27.9. The van der Waals surface area contributed by atoms with E-state index in [4.69, 9.17) is 0 Å². The molecule has 1 aliphatic carbocycles. The van der Waals surface area contributed by atoms with Gasteiger partial charge in [0.1, 0.15) is 0 Å². The van der Waals surface area contributed by atoms with Gasteiger partial charge in [0.2, 0.25) is 0 Å². The zero-order chi connectivity index (χ0) is 43.5. The molecule has 62 heavy (non-hydrogen) atoms. The molecule has 0 amide bonds. The number of Topliss-reactive ketones (excluding diaryl/α,β-unsaturated/α-hetero) is 2. The lowest BCUT2D eigenvalue weighted by atomic mass is 9.72. The molecule has 0 unspecified atom stereocenters. The molecule has 0 N–H and O–H groups in total. The first-order chi connectivity index (χ1) is 30.6. The number of carbonyl (C=O) groups is 2. The van der Waals surface area contributed by atoms with Gasteiger partial charge in [-0.15, -0.1) is 0 Å². The Hall–Kier alpha value is -2.44. The second-order valence-electron chi connectivity index (χ2n) is 18.8. The number of fused-ring (bicyclic) bond motifs is 2. The Bertz CT molecular complexity index is 1500. The van der Waals surface area contributed by atoms with E-state index >= 15 is 0 Å². The summed E-state index contributed by atoms with van der Waals surface area (Å²) in [6.45, 7) is 6.45. The van der Waals surface area contributed by atoms with Crippen LogP contribution in [0.4, 0.5) is 11.4 Å². The SMILES string of the molecule is CCCCCCCCCCCCCCCCCCN1/C(=C/C2C(=O)C(/C=C3\Sc4ccccc4N3CCCCCCCCCCCCCCCCCC)C2=O)Sc2ccccc21. The van der Waals surface area contributed by atoms with Gasteiger partial charge in [0.05, 0.1) is 33.3 Å². The van der Waals surface area contributed by atoms with Gasteiger partial charge >= 0.3 is 0 Å². The summed E-state index contributed by atoms with van der Waals surface area (Å²) in [4.78, 5) is 34.7. The van der Waals surface area contributed by atoms with Crippen molar-refractivity contribution < 1.29 is 9.59 Å². The minimum absolute atomic E-state index is 0.0489. The second-order valence-corrected chi connectivity index (χ2v) is 20.9. The Morgan fingerprint density at radius 3 is 0.935 bits per heavy atom. The van der Waals surface area contributed by atoms with E-state index in [-0.39, 0.29) is 11.6 Å². The number of rotatable bonds is 36. The molecule has 2 aromatic carbocycles. The molecular formula is C56H86N2O2S2. The largest absolute Gasteiger partial charge is 0.335 e. The number of benzene rings is 2. The number of hydrogen-bond donors (Lipinski definition) is 0. The Morgan fingerprint density at radius 2 is 0.645 bits per heavy atom. The topological polar surface area (TPSA) is 40.6 Å². The summed E-state index contributed by atoms with van der Waals surface area (Å²) >= 11 is 3.44. The third-order valence-corrected chi connectivity index (χ3v) is 15.8. The molecule has 2 aromatic rings. The lowest BCUT2D eigenvalue weighted by molar-refractivity contribution is -0.146. The second kappa shape index (κ2) is 30.7. The molecule has 2 heterocycles. The van der Waals surface area contributed by atoms with Crippen LogP contribution in [0.2, 0.25) is 0 Å². The van der Waals surface area contributed by atoms with Gasteiger partial charge in [0.15, 0.2) is 11.6 Å². The quantitative estimate of drug-likeness (QED) is 0.0502. The van der Waals surface area contributed by atoms with Gasteiger partial charge in [0.25, 0.3) is 0 Å². The molecule has 5 rings (SSSR count). The summed E-state index contributed by atoms with van der Waals surface area (Å²) in [7, 11) is 0. The van der Waals surface area contributed by atoms with Crippen LogP contribution in [-0.2, 0) is 9.59 Å². The Kier molecular flexibility index (Phi) is 25.0. The fourth-order valence-electron chi connectivity index (χ4n) is 9.64. The van der Waals surface area contributed by atoms with Crippen molar-refractivity contribution in [2.24, 2.45) is 11.8 Å². The normalized spacial score (nSPS) is 18.4. The highest BCUT2D eigenvalue weighted by molar-refractivity contribution is 8.04. The van der Waals surface area contributed by atoms with Gasteiger partial charge in [-0.05, 0) is 49.3 Å². The monoisotopic (exact) mass is 883 g/mol. The summed E-state index contributed by atoms with van der Waals surface area (Å²) in [5, 5.41) is 2.11. The van der Waals surface area contributed by atoms with Crippen molar-refractivity contribution in [1.29, 1.82) is 0 Å². The summed E-state index contributed by atoms with van der Waals surface area (Å²) in [6, 6.07) is 17.1. The van der Waals surface area contributed by atoms with Crippen molar-refractivity contribution in [2.75, 3.05) is 22.9 Å². The van der Waals surface area contributed by atoms with Crippen LogP contribution in [0.25, 0.3) is 0 Å². The van der Waals surface area contributed by atoms with Crippen LogP contribution >= 0.6 is 23.5 Å². The van der Waals surface area contributed by atoms with Gasteiger partial charge in [-0.1, -0.05) is 254 Å². The number of nitrogens with zero attached hydrogens (tertiary/aromatic N) is 2. The molecular weight excluding hydrogens is 797 g/mol. The van der Waals surface area contributed by atoms with Crippen molar-refractivity contribution in [3.63, 3.8) is 0 Å². The Labute approximate surface area is 388 Å². The molecule has 0 spiro atoms. The molecule has 0 atom stereocenters. The Balaban J connectivity index is 0.995. The number of hydrogen-bond acceptors (Lipinski definition) is 6. The molecule has 6 heteroatoms. The average Bonchev–Trinajstić information content (AvgIpc) is 3.83. The van der Waals surface area contributed by atoms with Crippen molar-refractivity contribution in [3.8, 4) is 0 Å². The van der Waals surface area contributed by atoms with Crippen LogP contribution in [0.15, 0.2) is 80.5 Å². The minimum Gasteiger partial charge on any atom is -0.335 e. The summed E-state index contributed by atoms with van der Waals surface area (Å²) in [6.07, 6.45) is 47.6. The molecule has 0 radical (unpaired) electrons. The van der Waals surface area contributed by atoms with E-state index in [0.717, 1.165) is 36.0 Å². The van der Waals surface area contributed by atoms with Gasteiger partial charge in [0, 0.05) is 22.9 Å². The molecule has 3 aliphatic rings. The number of para-hydroxylation sites is 2. The fourth-order valence-corrected chi connectivity index (χ4v) is 12.0. The summed E-state index contributed by atoms with van der Waals surface area (Å²) in [5.41, 5.74) is 2.43.